The van der Waals surface area contributed by atoms with Gasteiger partial charge >= 0.3 is 5.97 Å². The molecule has 2 N–H and O–H groups in total. The van der Waals surface area contributed by atoms with Gasteiger partial charge in [-0.15, -0.1) is 0 Å². The molecule has 0 aliphatic carbocycles. The minimum Gasteiger partial charge on any atom is -0.492 e. The molecule has 0 saturated heterocycles. The van der Waals surface area contributed by atoms with Crippen molar-refractivity contribution in [2.45, 2.75) is 12.5 Å². The zero-order valence-corrected chi connectivity index (χ0v) is 24.4. The Balaban J connectivity index is 1.20. The van der Waals surface area contributed by atoms with Crippen molar-refractivity contribution in [3.05, 3.63) is 156 Å². The van der Waals surface area contributed by atoms with Gasteiger partial charge in [0.1, 0.15) is 24.2 Å². The number of benzene rings is 4. The van der Waals surface area contributed by atoms with Gasteiger partial charge in [0, 0.05) is 35.0 Å². The lowest BCUT2D eigenvalue weighted by Gasteiger charge is -2.21. The van der Waals surface area contributed by atoms with Crippen LogP contribution in [0, 0.1) is 0 Å². The minimum absolute atomic E-state index is 0.182. The number of nitrogens with one attached hydrogen (secondary N) is 1. The van der Waals surface area contributed by atoms with Crippen molar-refractivity contribution in [3.8, 4) is 5.75 Å². The van der Waals surface area contributed by atoms with E-state index >= 15 is 0 Å². The van der Waals surface area contributed by atoms with Crippen molar-refractivity contribution in [1.29, 1.82) is 0 Å². The molecular weight excluding hydrogens is 568 g/mol. The molecule has 0 radical (unpaired) electrons. The maximum absolute atomic E-state index is 13.1. The van der Waals surface area contributed by atoms with E-state index in [2.05, 4.69) is 5.32 Å². The number of aliphatic carboxylic acids is 1. The van der Waals surface area contributed by atoms with Gasteiger partial charge in [-0.05, 0) is 60.2 Å². The van der Waals surface area contributed by atoms with Crippen LogP contribution in [0.5, 0.6) is 5.75 Å². The molecule has 0 fully saturated rings. The normalized spacial score (nSPS) is 11.6. The van der Waals surface area contributed by atoms with Crippen LogP contribution in [0.1, 0.15) is 27.2 Å². The van der Waals surface area contributed by atoms with E-state index in [-0.39, 0.29) is 24.7 Å². The van der Waals surface area contributed by atoms with E-state index < -0.39 is 12.0 Å². The highest BCUT2D eigenvalue weighted by molar-refractivity contribution is 6.12. The largest absolute Gasteiger partial charge is 0.492 e. The average Bonchev–Trinajstić information content (AvgIpc) is 3.61. The molecule has 0 aliphatic heterocycles. The molecule has 1 aromatic heterocycles. The van der Waals surface area contributed by atoms with Crippen LogP contribution in [0.25, 0.3) is 6.08 Å². The molecule has 45 heavy (non-hydrogen) atoms. The first-order chi connectivity index (χ1) is 22.0. The summed E-state index contributed by atoms with van der Waals surface area (Å²) in [6, 6.07) is 34.8. The number of para-hydroxylation sites is 2. The van der Waals surface area contributed by atoms with Gasteiger partial charge in [0.05, 0.1) is 12.8 Å². The molecule has 4 aromatic carbocycles. The van der Waals surface area contributed by atoms with Crippen LogP contribution in [0.15, 0.2) is 138 Å². The summed E-state index contributed by atoms with van der Waals surface area (Å²) < 4.78 is 11.2. The highest BCUT2D eigenvalue weighted by Crippen LogP contribution is 2.22. The fourth-order valence-electron chi connectivity index (χ4n) is 4.76. The van der Waals surface area contributed by atoms with Gasteiger partial charge in [0.15, 0.2) is 5.78 Å². The number of ketones is 1. The third kappa shape index (κ3) is 8.36. The summed E-state index contributed by atoms with van der Waals surface area (Å²) in [6.45, 7) is 0.541. The summed E-state index contributed by atoms with van der Waals surface area (Å²) >= 11 is 0. The Morgan fingerprint density at radius 1 is 0.822 bits per heavy atom. The van der Waals surface area contributed by atoms with Gasteiger partial charge in [0.2, 0.25) is 0 Å². The van der Waals surface area contributed by atoms with Crippen molar-refractivity contribution in [2.24, 2.45) is 0 Å². The van der Waals surface area contributed by atoms with Gasteiger partial charge < -0.3 is 24.5 Å². The summed E-state index contributed by atoms with van der Waals surface area (Å²) in [5.74, 6) is -0.271. The molecule has 1 unspecified atom stereocenters. The Labute approximate surface area is 261 Å². The van der Waals surface area contributed by atoms with Crippen LogP contribution in [0.2, 0.25) is 0 Å². The lowest BCUT2D eigenvalue weighted by Crippen LogP contribution is -2.33. The molecule has 8 heteroatoms. The molecule has 0 spiro atoms. The van der Waals surface area contributed by atoms with Crippen LogP contribution in [0.4, 0.5) is 11.4 Å². The number of carboxylic acids is 1. The Kier molecular flexibility index (Phi) is 10.2. The summed E-state index contributed by atoms with van der Waals surface area (Å²) in [6.07, 6.45) is 4.81. The monoisotopic (exact) mass is 600 g/mol. The van der Waals surface area contributed by atoms with E-state index in [0.717, 1.165) is 11.3 Å². The maximum Gasteiger partial charge on any atom is 0.326 e. The van der Waals surface area contributed by atoms with E-state index in [1.54, 1.807) is 102 Å². The fourth-order valence-corrected chi connectivity index (χ4v) is 4.76. The molecule has 0 saturated carbocycles. The third-order valence-electron chi connectivity index (χ3n) is 7.05. The fraction of sp³-hybridized carbons (Fsp3) is 0.108. The van der Waals surface area contributed by atoms with Crippen LogP contribution >= 0.6 is 0 Å². The predicted octanol–water partition coefficient (Wildman–Crippen LogP) is 6.74. The molecule has 226 valence electrons. The second kappa shape index (κ2) is 15.0. The Bertz CT molecular complexity index is 1730. The second-order valence-corrected chi connectivity index (χ2v) is 10.1. The molecule has 1 atom stereocenters. The van der Waals surface area contributed by atoms with Gasteiger partial charge in [-0.25, -0.2) is 4.79 Å². The van der Waals surface area contributed by atoms with Crippen LogP contribution in [0.3, 0.4) is 0 Å². The highest BCUT2D eigenvalue weighted by Gasteiger charge is 2.21. The molecule has 0 bridgehead atoms. The van der Waals surface area contributed by atoms with Crippen LogP contribution < -0.4 is 15.0 Å². The quantitative estimate of drug-likeness (QED) is 0.107. The number of rotatable bonds is 14. The van der Waals surface area contributed by atoms with Gasteiger partial charge in [-0.3, -0.25) is 9.59 Å². The third-order valence-corrected chi connectivity index (χ3v) is 7.05. The van der Waals surface area contributed by atoms with Crippen LogP contribution in [-0.2, 0) is 16.0 Å². The number of hydrogen-bond donors (Lipinski definition) is 2. The average molecular weight is 601 g/mol. The zero-order chi connectivity index (χ0) is 31.4. The number of furan rings is 1. The van der Waals surface area contributed by atoms with E-state index in [9.17, 15) is 19.5 Å². The number of nitrogens with zero attached hydrogens (tertiary/aromatic N) is 1. The van der Waals surface area contributed by atoms with Crippen molar-refractivity contribution < 1.29 is 28.6 Å². The predicted molar refractivity (Wildman–Crippen MR) is 174 cm³/mol. The van der Waals surface area contributed by atoms with Gasteiger partial charge in [-0.2, -0.15) is 0 Å². The number of ether oxygens (including phenoxy) is 1. The van der Waals surface area contributed by atoms with E-state index in [4.69, 9.17) is 9.15 Å². The Morgan fingerprint density at radius 2 is 1.51 bits per heavy atom. The second-order valence-electron chi connectivity index (χ2n) is 10.1. The smallest absolute Gasteiger partial charge is 0.326 e. The van der Waals surface area contributed by atoms with Crippen LogP contribution in [-0.4, -0.2) is 42.0 Å². The number of amides is 1. The van der Waals surface area contributed by atoms with Crippen molar-refractivity contribution in [2.75, 3.05) is 23.4 Å². The number of anilines is 2. The number of hydrogen-bond acceptors (Lipinski definition) is 6. The summed E-state index contributed by atoms with van der Waals surface area (Å²) in [5.41, 5.74) is 2.90. The van der Waals surface area contributed by atoms with E-state index in [1.807, 2.05) is 36.4 Å². The molecular formula is C37H32N2O6. The summed E-state index contributed by atoms with van der Waals surface area (Å²) in [7, 11) is 0. The lowest BCUT2D eigenvalue weighted by atomic mass is 10.00. The minimum atomic E-state index is -1.04. The Hall–Kier alpha value is -5.89. The molecule has 1 heterocycles. The first-order valence-corrected chi connectivity index (χ1v) is 14.5. The maximum atomic E-state index is 13.1. The van der Waals surface area contributed by atoms with Crippen molar-refractivity contribution in [1.82, 2.24) is 0 Å². The standard InChI is InChI=1S/C37H32N2O6/c40-35(22-21-30-14-9-24-44-30)39(29-12-5-2-6-13-29)23-25-45-31-19-17-27(18-20-31)26-34(37(42)43)38-33-16-8-7-15-32(33)36(41)28-10-3-1-4-11-28/h1-22,24,34,38H,23,25-26H2,(H,42,43). The zero-order valence-electron chi connectivity index (χ0n) is 24.4. The van der Waals surface area contributed by atoms with Gasteiger partial charge in [0.25, 0.3) is 5.91 Å². The summed E-state index contributed by atoms with van der Waals surface area (Å²) in [4.78, 5) is 40.0. The Morgan fingerprint density at radius 3 is 2.20 bits per heavy atom. The molecule has 1 amide bonds. The number of carboxylic acid groups (broad SMARTS) is 1. The SMILES string of the molecule is O=C(c1ccccc1)c1ccccc1NC(Cc1ccc(OCCN(C(=O)C=Cc2ccco2)c2ccccc2)cc1)C(=O)O. The van der Waals surface area contributed by atoms with Gasteiger partial charge in [-0.1, -0.05) is 72.8 Å². The number of carbonyl (C=O) groups is 3. The topological polar surface area (TPSA) is 109 Å². The first kappa shape index (κ1) is 30.6. The number of carbonyl (C=O) groups excluding carboxylic acids is 2. The summed E-state index contributed by atoms with van der Waals surface area (Å²) in [5, 5.41) is 13.0. The lowest BCUT2D eigenvalue weighted by molar-refractivity contribution is -0.137. The molecule has 5 rings (SSSR count). The van der Waals surface area contributed by atoms with Crippen molar-refractivity contribution >= 4 is 35.1 Å². The molecule has 8 nitrogen and oxygen atoms in total. The molecule has 5 aromatic rings. The highest BCUT2D eigenvalue weighted by atomic mass is 16.5. The first-order valence-electron chi connectivity index (χ1n) is 14.5. The van der Waals surface area contributed by atoms with E-state index in [0.29, 0.717) is 34.9 Å². The van der Waals surface area contributed by atoms with Crippen molar-refractivity contribution in [3.63, 3.8) is 0 Å². The molecule has 0 aliphatic rings. The van der Waals surface area contributed by atoms with E-state index in [1.165, 1.54) is 6.08 Å².